The molecule has 1 aliphatic rings. The maximum absolute atomic E-state index is 5.61. The second kappa shape index (κ2) is 5.38. The van der Waals surface area contributed by atoms with E-state index in [2.05, 4.69) is 20.5 Å². The van der Waals surface area contributed by atoms with Gasteiger partial charge in [-0.2, -0.15) is 0 Å². The highest BCUT2D eigenvalue weighted by molar-refractivity contribution is 4.99. The second-order valence-corrected chi connectivity index (χ2v) is 4.27. The van der Waals surface area contributed by atoms with Gasteiger partial charge in [0.15, 0.2) is 0 Å². The van der Waals surface area contributed by atoms with Crippen molar-refractivity contribution in [3.05, 3.63) is 11.9 Å². The van der Waals surface area contributed by atoms with Crippen LogP contribution >= 0.6 is 0 Å². The van der Waals surface area contributed by atoms with Gasteiger partial charge in [-0.15, -0.1) is 5.10 Å². The summed E-state index contributed by atoms with van der Waals surface area (Å²) in [6, 6.07) is 0. The summed E-state index contributed by atoms with van der Waals surface area (Å²) in [7, 11) is 4.10. The number of hydrogen-bond acceptors (Lipinski definition) is 5. The zero-order valence-electron chi connectivity index (χ0n) is 9.89. The van der Waals surface area contributed by atoms with E-state index in [1.807, 2.05) is 25.0 Å². The van der Waals surface area contributed by atoms with Crippen LogP contribution in [0, 0.1) is 0 Å². The Morgan fingerprint density at radius 2 is 2.50 bits per heavy atom. The van der Waals surface area contributed by atoms with Gasteiger partial charge >= 0.3 is 0 Å². The highest BCUT2D eigenvalue weighted by atomic mass is 16.5. The summed E-state index contributed by atoms with van der Waals surface area (Å²) in [5.74, 6) is 0. The Hall–Kier alpha value is -0.980. The largest absolute Gasteiger partial charge is 0.369 e. The number of aromatic nitrogens is 3. The molecule has 0 amide bonds. The molecular weight excluding hydrogens is 206 g/mol. The molecule has 1 N–H and O–H groups in total. The van der Waals surface area contributed by atoms with Crippen LogP contribution in [-0.4, -0.2) is 60.2 Å². The lowest BCUT2D eigenvalue weighted by Gasteiger charge is -2.21. The number of hydrogen-bond donors (Lipinski definition) is 1. The fourth-order valence-corrected chi connectivity index (χ4v) is 1.63. The third kappa shape index (κ3) is 3.01. The maximum atomic E-state index is 5.61. The molecule has 0 radical (unpaired) electrons. The van der Waals surface area contributed by atoms with Gasteiger partial charge in [-0.25, -0.2) is 0 Å². The molecule has 0 aliphatic carbocycles. The molecule has 1 aromatic heterocycles. The van der Waals surface area contributed by atoms with E-state index in [1.165, 1.54) is 0 Å². The summed E-state index contributed by atoms with van der Waals surface area (Å²) in [6.07, 6.45) is 2.03. The Bertz CT molecular complexity index is 319. The predicted octanol–water partition coefficient (Wildman–Crippen LogP) is -0.499. The molecule has 1 atom stereocenters. The molecule has 6 nitrogen and oxygen atoms in total. The van der Waals surface area contributed by atoms with E-state index in [4.69, 9.17) is 4.74 Å². The zero-order chi connectivity index (χ0) is 11.4. The van der Waals surface area contributed by atoms with Crippen molar-refractivity contribution < 1.29 is 4.74 Å². The second-order valence-electron chi connectivity index (χ2n) is 4.27. The van der Waals surface area contributed by atoms with E-state index >= 15 is 0 Å². The van der Waals surface area contributed by atoms with E-state index in [-0.39, 0.29) is 6.10 Å². The van der Waals surface area contributed by atoms with Gasteiger partial charge in [-0.05, 0) is 14.1 Å². The molecule has 2 rings (SSSR count). The molecule has 1 aromatic rings. The lowest BCUT2D eigenvalue weighted by atomic mass is 10.2. The first-order chi connectivity index (χ1) is 7.75. The summed E-state index contributed by atoms with van der Waals surface area (Å²) in [5.41, 5.74) is 0.922. The Balaban J connectivity index is 1.90. The van der Waals surface area contributed by atoms with Crippen LogP contribution in [0.15, 0.2) is 6.20 Å². The molecule has 1 saturated heterocycles. The first-order valence-corrected chi connectivity index (χ1v) is 5.63. The molecule has 1 aliphatic heterocycles. The molecule has 2 heterocycles. The average Bonchev–Trinajstić information content (AvgIpc) is 2.76. The van der Waals surface area contributed by atoms with Gasteiger partial charge < -0.3 is 15.0 Å². The lowest BCUT2D eigenvalue weighted by Crippen LogP contribution is -2.33. The van der Waals surface area contributed by atoms with E-state index in [1.54, 1.807) is 0 Å². The summed E-state index contributed by atoms with van der Waals surface area (Å²) in [5, 5.41) is 11.5. The number of ether oxygens (including phenoxy) is 1. The molecule has 0 saturated carbocycles. The first-order valence-electron chi connectivity index (χ1n) is 5.63. The van der Waals surface area contributed by atoms with Gasteiger partial charge in [0.05, 0.1) is 19.3 Å². The van der Waals surface area contributed by atoms with Crippen molar-refractivity contribution in [1.82, 2.24) is 25.2 Å². The summed E-state index contributed by atoms with van der Waals surface area (Å²) < 4.78 is 7.48. The van der Waals surface area contributed by atoms with Crippen LogP contribution in [0.1, 0.15) is 11.8 Å². The highest BCUT2D eigenvalue weighted by Crippen LogP contribution is 2.15. The van der Waals surface area contributed by atoms with Crippen LogP contribution < -0.4 is 5.32 Å². The number of morpholine rings is 1. The summed E-state index contributed by atoms with van der Waals surface area (Å²) in [6.45, 7) is 4.32. The van der Waals surface area contributed by atoms with Gasteiger partial charge in [0.1, 0.15) is 11.8 Å². The molecule has 90 valence electrons. The SMILES string of the molecule is CN(C)CCn1cc(C2CNCCO2)nn1. The molecule has 6 heteroatoms. The number of nitrogens with one attached hydrogen (secondary N) is 1. The van der Waals surface area contributed by atoms with Gasteiger partial charge in [-0.1, -0.05) is 5.21 Å². The van der Waals surface area contributed by atoms with Crippen LogP contribution in [0.3, 0.4) is 0 Å². The Labute approximate surface area is 95.6 Å². The van der Waals surface area contributed by atoms with Gasteiger partial charge in [0.2, 0.25) is 0 Å². The molecule has 16 heavy (non-hydrogen) atoms. The molecule has 0 bridgehead atoms. The number of rotatable bonds is 4. The normalized spacial score (nSPS) is 21.6. The third-order valence-corrected chi connectivity index (χ3v) is 2.59. The van der Waals surface area contributed by atoms with E-state index in [0.29, 0.717) is 0 Å². The zero-order valence-corrected chi connectivity index (χ0v) is 9.89. The summed E-state index contributed by atoms with van der Waals surface area (Å²) >= 11 is 0. The van der Waals surface area contributed by atoms with Crippen LogP contribution in [0.25, 0.3) is 0 Å². The standard InChI is InChI=1S/C10H19N5O/c1-14(2)4-5-15-8-9(12-13-15)10-7-11-3-6-16-10/h8,10-11H,3-7H2,1-2H3. The van der Waals surface area contributed by atoms with Gasteiger partial charge in [-0.3, -0.25) is 4.68 Å². The first kappa shape index (κ1) is 11.5. The fraction of sp³-hybridized carbons (Fsp3) is 0.800. The predicted molar refractivity (Wildman–Crippen MR) is 60.1 cm³/mol. The topological polar surface area (TPSA) is 55.2 Å². The van der Waals surface area contributed by atoms with Crippen molar-refractivity contribution in [2.45, 2.75) is 12.6 Å². The highest BCUT2D eigenvalue weighted by Gasteiger charge is 2.18. The Morgan fingerprint density at radius 3 is 3.19 bits per heavy atom. The van der Waals surface area contributed by atoms with Crippen molar-refractivity contribution >= 4 is 0 Å². The lowest BCUT2D eigenvalue weighted by molar-refractivity contribution is 0.0249. The maximum Gasteiger partial charge on any atom is 0.115 e. The van der Waals surface area contributed by atoms with Crippen LogP contribution in [0.2, 0.25) is 0 Å². The van der Waals surface area contributed by atoms with E-state index in [9.17, 15) is 0 Å². The molecule has 0 aromatic carbocycles. The van der Waals surface area contributed by atoms with Crippen LogP contribution in [0.4, 0.5) is 0 Å². The van der Waals surface area contributed by atoms with Crippen LogP contribution in [0.5, 0.6) is 0 Å². The molecule has 0 spiro atoms. The monoisotopic (exact) mass is 225 g/mol. The Kier molecular flexibility index (Phi) is 3.87. The van der Waals surface area contributed by atoms with Crippen molar-refractivity contribution in [2.75, 3.05) is 40.3 Å². The number of nitrogens with zero attached hydrogens (tertiary/aromatic N) is 4. The van der Waals surface area contributed by atoms with Gasteiger partial charge in [0.25, 0.3) is 0 Å². The average molecular weight is 225 g/mol. The fourth-order valence-electron chi connectivity index (χ4n) is 1.63. The third-order valence-electron chi connectivity index (χ3n) is 2.59. The number of likely N-dealkylation sites (N-methyl/N-ethyl adjacent to an activating group) is 1. The smallest absolute Gasteiger partial charge is 0.115 e. The Morgan fingerprint density at radius 1 is 1.62 bits per heavy atom. The van der Waals surface area contributed by atoms with Crippen molar-refractivity contribution in [1.29, 1.82) is 0 Å². The van der Waals surface area contributed by atoms with E-state index in [0.717, 1.165) is 38.5 Å². The summed E-state index contributed by atoms with van der Waals surface area (Å²) in [4.78, 5) is 2.13. The van der Waals surface area contributed by atoms with Crippen molar-refractivity contribution in [3.63, 3.8) is 0 Å². The molecule has 1 unspecified atom stereocenters. The van der Waals surface area contributed by atoms with E-state index < -0.39 is 0 Å². The quantitative estimate of drug-likeness (QED) is 0.748. The van der Waals surface area contributed by atoms with Gasteiger partial charge in [0, 0.05) is 19.6 Å². The van der Waals surface area contributed by atoms with Crippen molar-refractivity contribution in [2.24, 2.45) is 0 Å². The minimum Gasteiger partial charge on any atom is -0.369 e. The molecular formula is C10H19N5O. The van der Waals surface area contributed by atoms with Crippen LogP contribution in [-0.2, 0) is 11.3 Å². The molecule has 1 fully saturated rings. The van der Waals surface area contributed by atoms with Crippen molar-refractivity contribution in [3.8, 4) is 0 Å². The minimum atomic E-state index is 0.0573. The minimum absolute atomic E-state index is 0.0573.